The van der Waals surface area contributed by atoms with Crippen LogP contribution in [0, 0.1) is 46.3 Å². The molecule has 0 heterocycles. The fourth-order valence-electron chi connectivity index (χ4n) is 9.22. The summed E-state index contributed by atoms with van der Waals surface area (Å²) in [5, 5.41) is 3.63. The molecule has 0 aromatic heterocycles. The zero-order valence-corrected chi connectivity index (χ0v) is 22.8. The van der Waals surface area contributed by atoms with Gasteiger partial charge in [-0.2, -0.15) is 0 Å². The highest BCUT2D eigenvalue weighted by Crippen LogP contribution is 2.67. The van der Waals surface area contributed by atoms with Crippen LogP contribution in [0.1, 0.15) is 112 Å². The Morgan fingerprint density at radius 3 is 2.65 bits per heavy atom. The molecule has 0 radical (unpaired) electrons. The Kier molecular flexibility index (Phi) is 8.40. The van der Waals surface area contributed by atoms with Crippen LogP contribution in [0.4, 0.5) is 0 Å². The van der Waals surface area contributed by atoms with E-state index in [4.69, 9.17) is 10.3 Å². The molecule has 4 unspecified atom stereocenters. The summed E-state index contributed by atoms with van der Waals surface area (Å²) in [4.78, 5) is 2.84. The van der Waals surface area contributed by atoms with Crippen LogP contribution in [0.15, 0.2) is 16.8 Å². The summed E-state index contributed by atoms with van der Waals surface area (Å²) in [6.45, 7) is 13.9. The topological polar surface area (TPSA) is 58.0 Å². The molecule has 0 aromatic carbocycles. The minimum absolute atomic E-state index is 0.360. The molecule has 4 heteroatoms. The number of fused-ring (bicyclic) bond motifs is 5. The standard InChI is InChI=1S/C30H51N3O/c1-21(2)8-6-9-22(3)26-12-13-27-25-11-10-23-20-24(34-19-7-18-32-33-31)14-16-29(23,4)28(25)15-17-30(26,27)5/h10,21-22,24-28H,6-9,11-20H2,1-5H3/t22-,24?,25?,26-,27?,28?,29+,30-/m1/s1. The van der Waals surface area contributed by atoms with Gasteiger partial charge in [0.15, 0.2) is 0 Å². The van der Waals surface area contributed by atoms with E-state index in [0.717, 1.165) is 55.0 Å². The van der Waals surface area contributed by atoms with Gasteiger partial charge in [0.1, 0.15) is 0 Å². The third-order valence-electron chi connectivity index (χ3n) is 11.1. The lowest BCUT2D eigenvalue weighted by Crippen LogP contribution is -2.51. The van der Waals surface area contributed by atoms with Gasteiger partial charge < -0.3 is 4.74 Å². The third kappa shape index (κ3) is 5.10. The lowest BCUT2D eigenvalue weighted by molar-refractivity contribution is -0.0639. The number of hydrogen-bond donors (Lipinski definition) is 0. The molecule has 192 valence electrons. The molecule has 8 atom stereocenters. The average molecular weight is 470 g/mol. The van der Waals surface area contributed by atoms with Gasteiger partial charge in [0.2, 0.25) is 0 Å². The number of nitrogens with zero attached hydrogens (tertiary/aromatic N) is 3. The van der Waals surface area contributed by atoms with Gasteiger partial charge in [-0.1, -0.05) is 70.6 Å². The van der Waals surface area contributed by atoms with E-state index in [-0.39, 0.29) is 0 Å². The highest BCUT2D eigenvalue weighted by molar-refractivity contribution is 5.25. The molecule has 34 heavy (non-hydrogen) atoms. The third-order valence-corrected chi connectivity index (χ3v) is 11.1. The second-order valence-electron chi connectivity index (χ2n) is 13.3. The summed E-state index contributed by atoms with van der Waals surface area (Å²) < 4.78 is 6.21. The Bertz CT molecular complexity index is 771. The van der Waals surface area contributed by atoms with Gasteiger partial charge in [0, 0.05) is 18.1 Å². The van der Waals surface area contributed by atoms with Gasteiger partial charge >= 0.3 is 0 Å². The summed E-state index contributed by atoms with van der Waals surface area (Å²) >= 11 is 0. The Hall–Kier alpha value is -0.990. The minimum atomic E-state index is 0.360. The highest BCUT2D eigenvalue weighted by atomic mass is 16.5. The smallest absolute Gasteiger partial charge is 0.0612 e. The molecule has 4 aliphatic rings. The maximum absolute atomic E-state index is 8.44. The first-order chi connectivity index (χ1) is 16.3. The summed E-state index contributed by atoms with van der Waals surface area (Å²) in [6.07, 6.45) is 18.9. The first kappa shape index (κ1) is 26.1. The molecule has 0 N–H and O–H groups in total. The maximum Gasteiger partial charge on any atom is 0.0612 e. The van der Waals surface area contributed by atoms with Crippen molar-refractivity contribution >= 4 is 0 Å². The van der Waals surface area contributed by atoms with E-state index in [9.17, 15) is 0 Å². The fourth-order valence-corrected chi connectivity index (χ4v) is 9.22. The van der Waals surface area contributed by atoms with Gasteiger partial charge in [-0.3, -0.25) is 0 Å². The summed E-state index contributed by atoms with van der Waals surface area (Å²) in [5.41, 5.74) is 11.1. The van der Waals surface area contributed by atoms with Gasteiger partial charge in [0.05, 0.1) is 6.10 Å². The van der Waals surface area contributed by atoms with Crippen LogP contribution in [-0.2, 0) is 4.74 Å². The lowest BCUT2D eigenvalue weighted by atomic mass is 9.47. The molecular weight excluding hydrogens is 418 g/mol. The van der Waals surface area contributed by atoms with Crippen molar-refractivity contribution in [3.05, 3.63) is 22.1 Å². The number of rotatable bonds is 10. The second-order valence-corrected chi connectivity index (χ2v) is 13.3. The van der Waals surface area contributed by atoms with Crippen LogP contribution in [0.2, 0.25) is 0 Å². The molecule has 3 saturated carbocycles. The number of azide groups is 1. The Morgan fingerprint density at radius 2 is 1.88 bits per heavy atom. The van der Waals surface area contributed by atoms with Crippen LogP contribution in [0.5, 0.6) is 0 Å². The summed E-state index contributed by atoms with van der Waals surface area (Å²) in [5.74, 6) is 5.40. The molecule has 3 fully saturated rings. The molecular formula is C30H51N3O. The molecule has 4 aliphatic carbocycles. The van der Waals surface area contributed by atoms with Crippen LogP contribution in [0.25, 0.3) is 10.4 Å². The van der Waals surface area contributed by atoms with Gasteiger partial charge in [-0.25, -0.2) is 0 Å². The monoisotopic (exact) mass is 469 g/mol. The van der Waals surface area contributed by atoms with Gasteiger partial charge in [0.25, 0.3) is 0 Å². The average Bonchev–Trinajstić information content (AvgIpc) is 3.16. The molecule has 0 saturated heterocycles. The molecule has 4 rings (SSSR count). The van der Waals surface area contributed by atoms with Crippen molar-refractivity contribution in [1.29, 1.82) is 0 Å². The molecule has 0 amide bonds. The number of hydrogen-bond acceptors (Lipinski definition) is 2. The van der Waals surface area contributed by atoms with E-state index in [1.807, 2.05) is 0 Å². The number of allylic oxidation sites excluding steroid dienone is 1. The quantitative estimate of drug-likeness (QED) is 0.103. The van der Waals surface area contributed by atoms with E-state index in [2.05, 4.69) is 50.7 Å². The van der Waals surface area contributed by atoms with E-state index < -0.39 is 0 Å². The van der Waals surface area contributed by atoms with E-state index in [0.29, 0.717) is 23.5 Å². The van der Waals surface area contributed by atoms with Crippen LogP contribution in [-0.4, -0.2) is 19.3 Å². The Morgan fingerprint density at radius 1 is 1.06 bits per heavy atom. The predicted molar refractivity (Wildman–Crippen MR) is 141 cm³/mol. The van der Waals surface area contributed by atoms with Crippen LogP contribution < -0.4 is 0 Å². The maximum atomic E-state index is 8.44. The molecule has 0 aliphatic heterocycles. The zero-order chi connectivity index (χ0) is 24.3. The predicted octanol–water partition coefficient (Wildman–Crippen LogP) is 9.11. The van der Waals surface area contributed by atoms with Gasteiger partial charge in [-0.15, -0.1) is 0 Å². The van der Waals surface area contributed by atoms with Gasteiger partial charge in [-0.05, 0) is 110 Å². The van der Waals surface area contributed by atoms with Crippen LogP contribution in [0.3, 0.4) is 0 Å². The van der Waals surface area contributed by atoms with Crippen LogP contribution >= 0.6 is 0 Å². The largest absolute Gasteiger partial charge is 0.378 e. The summed E-state index contributed by atoms with van der Waals surface area (Å²) in [6, 6.07) is 0. The highest BCUT2D eigenvalue weighted by Gasteiger charge is 2.59. The molecule has 0 aromatic rings. The lowest BCUT2D eigenvalue weighted by Gasteiger charge is -2.58. The fraction of sp³-hybridized carbons (Fsp3) is 0.933. The Labute approximate surface area is 209 Å². The normalized spacial score (nSPS) is 40.1. The summed E-state index contributed by atoms with van der Waals surface area (Å²) in [7, 11) is 0. The van der Waals surface area contributed by atoms with E-state index in [1.165, 1.54) is 64.2 Å². The number of ether oxygens (including phenoxy) is 1. The molecule has 0 spiro atoms. The SMILES string of the molecule is CC(C)CCC[C@@H](C)[C@H]1CCC2C3CC=C4CC(OCCCN=[N+]=[N-])CC[C@]4(C)C3CC[C@@]21C. The Balaban J connectivity index is 1.38. The minimum Gasteiger partial charge on any atom is -0.378 e. The second kappa shape index (κ2) is 11.0. The van der Waals surface area contributed by atoms with E-state index >= 15 is 0 Å². The van der Waals surface area contributed by atoms with Crippen molar-refractivity contribution < 1.29 is 4.74 Å². The zero-order valence-electron chi connectivity index (χ0n) is 22.8. The van der Waals surface area contributed by atoms with Crippen molar-refractivity contribution in [1.82, 2.24) is 0 Å². The molecule has 4 nitrogen and oxygen atoms in total. The van der Waals surface area contributed by atoms with Crippen molar-refractivity contribution in [3.63, 3.8) is 0 Å². The first-order valence-electron chi connectivity index (χ1n) is 14.6. The van der Waals surface area contributed by atoms with E-state index in [1.54, 1.807) is 5.57 Å². The first-order valence-corrected chi connectivity index (χ1v) is 14.6. The molecule has 0 bridgehead atoms. The van der Waals surface area contributed by atoms with Crippen molar-refractivity contribution in [2.24, 2.45) is 51.5 Å². The van der Waals surface area contributed by atoms with Crippen molar-refractivity contribution in [2.75, 3.05) is 13.2 Å². The van der Waals surface area contributed by atoms with Crippen molar-refractivity contribution in [2.45, 2.75) is 118 Å². The van der Waals surface area contributed by atoms with Crippen molar-refractivity contribution in [3.8, 4) is 0 Å².